The van der Waals surface area contributed by atoms with Crippen molar-refractivity contribution in [3.05, 3.63) is 40.6 Å². The molecular formula is C26H33N7O3S. The zero-order valence-electron chi connectivity index (χ0n) is 23.4. The smallest absolute Gasteiger partial charge is 0.328 e. The average Bonchev–Trinajstić information content (AvgIpc) is 2.92. The van der Waals surface area contributed by atoms with Crippen LogP contribution in [0.25, 0.3) is 0 Å². The number of urea groups is 1. The van der Waals surface area contributed by atoms with Gasteiger partial charge in [-0.15, -0.1) is 0 Å². The lowest BCUT2D eigenvalue weighted by Gasteiger charge is -2.33. The van der Waals surface area contributed by atoms with Crippen molar-refractivity contribution in [1.82, 2.24) is 19.8 Å². The maximum atomic E-state index is 13.4. The van der Waals surface area contributed by atoms with Gasteiger partial charge in [-0.1, -0.05) is 0 Å². The normalized spacial score (nSPS) is 17.0. The van der Waals surface area contributed by atoms with Gasteiger partial charge in [-0.05, 0) is 68.0 Å². The fourth-order valence-electron chi connectivity index (χ4n) is 4.42. The van der Waals surface area contributed by atoms with E-state index in [0.29, 0.717) is 55.1 Å². The standard InChI is InChI=1S/C26H33N7O3S/c1-31-9-10-32(23(34)17-31)16-20-12-19-6-4-8-33(24(19)30-25(20)36-2)26(35)29-22-13-18(7-5-11-37-3)21(14-27)15-28-22/h12-13,15H,4-11,16-17H2,1-3H3,(H,28,29,35)/i16D2. The molecule has 0 atom stereocenters. The Balaban J connectivity index is 1.60. The predicted molar refractivity (Wildman–Crippen MR) is 144 cm³/mol. The number of nitrogens with zero attached hydrogens (tertiary/aromatic N) is 6. The average molecular weight is 526 g/mol. The Morgan fingerprint density at radius 2 is 2.16 bits per heavy atom. The van der Waals surface area contributed by atoms with Gasteiger partial charge in [0.05, 0.1) is 28.5 Å². The Morgan fingerprint density at radius 1 is 1.32 bits per heavy atom. The molecule has 0 unspecified atom stereocenters. The zero-order valence-corrected chi connectivity index (χ0v) is 22.2. The summed E-state index contributed by atoms with van der Waals surface area (Å²) in [4.78, 5) is 39.4. The Morgan fingerprint density at radius 3 is 2.89 bits per heavy atom. The SMILES string of the molecule is [2H]C([2H])(c1cc2c(nc1OC)N(C(=O)Nc1cc(CCCSC)c(C#N)cn1)CCC2)N1CCN(C)CC1=O. The van der Waals surface area contributed by atoms with Gasteiger partial charge in [0, 0.05) is 31.4 Å². The number of carbonyl (C=O) groups excluding carboxylic acids is 2. The third-order valence-electron chi connectivity index (χ3n) is 6.37. The van der Waals surface area contributed by atoms with E-state index in [2.05, 4.69) is 21.4 Å². The van der Waals surface area contributed by atoms with Crippen molar-refractivity contribution >= 4 is 35.3 Å². The van der Waals surface area contributed by atoms with Gasteiger partial charge in [0.2, 0.25) is 11.8 Å². The summed E-state index contributed by atoms with van der Waals surface area (Å²) in [5.41, 5.74) is 2.18. The van der Waals surface area contributed by atoms with Gasteiger partial charge < -0.3 is 9.64 Å². The maximum Gasteiger partial charge on any atom is 0.328 e. The number of aryl methyl sites for hydroxylation is 2. The quantitative estimate of drug-likeness (QED) is 0.523. The maximum absolute atomic E-state index is 13.4. The van der Waals surface area contributed by atoms with Crippen LogP contribution in [0.15, 0.2) is 18.3 Å². The fraction of sp³-hybridized carbons (Fsp3) is 0.500. The molecule has 11 heteroatoms. The molecular weight excluding hydrogens is 490 g/mol. The Kier molecular flexibility index (Phi) is 7.95. The molecule has 0 radical (unpaired) electrons. The van der Waals surface area contributed by atoms with Gasteiger partial charge in [0.1, 0.15) is 17.7 Å². The number of hydrogen-bond donors (Lipinski definition) is 1. The summed E-state index contributed by atoms with van der Waals surface area (Å²) in [6, 6.07) is 5.14. The van der Waals surface area contributed by atoms with E-state index < -0.39 is 12.5 Å². The number of hydrogen-bond acceptors (Lipinski definition) is 8. The second-order valence-electron chi connectivity index (χ2n) is 9.04. The summed E-state index contributed by atoms with van der Waals surface area (Å²) in [6.07, 6.45) is 6.39. The van der Waals surface area contributed by atoms with E-state index in [1.54, 1.807) is 23.9 Å². The van der Waals surface area contributed by atoms with Crippen LogP contribution < -0.4 is 15.0 Å². The van der Waals surface area contributed by atoms with Gasteiger partial charge in [-0.25, -0.2) is 9.78 Å². The first-order chi connectivity index (χ1) is 18.7. The molecule has 0 aromatic carbocycles. The number of piperazine rings is 1. The fourth-order valence-corrected chi connectivity index (χ4v) is 4.86. The Bertz CT molecular complexity index is 1290. The predicted octanol–water partition coefficient (Wildman–Crippen LogP) is 2.91. The summed E-state index contributed by atoms with van der Waals surface area (Å²) >= 11 is 1.74. The summed E-state index contributed by atoms with van der Waals surface area (Å²) in [7, 11) is 3.22. The highest BCUT2D eigenvalue weighted by Gasteiger charge is 2.28. The third kappa shape index (κ3) is 6.32. The molecule has 196 valence electrons. The van der Waals surface area contributed by atoms with Crippen molar-refractivity contribution in [3.8, 4) is 11.9 Å². The van der Waals surface area contributed by atoms with Gasteiger partial charge in [-0.2, -0.15) is 22.0 Å². The van der Waals surface area contributed by atoms with Gasteiger partial charge >= 0.3 is 6.03 Å². The molecule has 37 heavy (non-hydrogen) atoms. The van der Waals surface area contributed by atoms with E-state index >= 15 is 0 Å². The number of carbonyl (C=O) groups is 2. The summed E-state index contributed by atoms with van der Waals surface area (Å²) < 4.78 is 23.1. The van der Waals surface area contributed by atoms with Crippen LogP contribution in [0.3, 0.4) is 0 Å². The van der Waals surface area contributed by atoms with Crippen LogP contribution >= 0.6 is 11.8 Å². The first kappa shape index (κ1) is 24.0. The monoisotopic (exact) mass is 525 g/mol. The first-order valence-electron chi connectivity index (χ1n) is 13.2. The molecule has 2 aliphatic heterocycles. The lowest BCUT2D eigenvalue weighted by molar-refractivity contribution is -0.136. The number of fused-ring (bicyclic) bond motifs is 1. The van der Waals surface area contributed by atoms with Crippen molar-refractivity contribution in [2.45, 2.75) is 32.2 Å². The number of aromatic nitrogens is 2. The summed E-state index contributed by atoms with van der Waals surface area (Å²) in [6.45, 7) is -0.780. The van der Waals surface area contributed by atoms with Crippen LogP contribution in [0.4, 0.5) is 16.4 Å². The first-order valence-corrected chi connectivity index (χ1v) is 13.6. The molecule has 1 fully saturated rings. The lowest BCUT2D eigenvalue weighted by atomic mass is 10.0. The van der Waals surface area contributed by atoms with Gasteiger partial charge in [0.25, 0.3) is 0 Å². The molecule has 2 aliphatic rings. The number of rotatable bonds is 8. The molecule has 2 aromatic heterocycles. The van der Waals surface area contributed by atoms with Crippen LogP contribution in [0.5, 0.6) is 5.88 Å². The second kappa shape index (κ2) is 12.3. The molecule has 4 heterocycles. The Labute approximate surface area is 224 Å². The number of pyridine rings is 2. The van der Waals surface area contributed by atoms with E-state index in [1.165, 1.54) is 23.1 Å². The zero-order chi connectivity index (χ0) is 28.2. The molecule has 0 aliphatic carbocycles. The summed E-state index contributed by atoms with van der Waals surface area (Å²) in [5.74, 6) is 1.41. The molecule has 4 rings (SSSR count). The van der Waals surface area contributed by atoms with E-state index in [0.717, 1.165) is 17.7 Å². The molecule has 1 saturated heterocycles. The van der Waals surface area contributed by atoms with Crippen LogP contribution in [0.2, 0.25) is 0 Å². The number of amides is 3. The minimum Gasteiger partial charge on any atom is -0.481 e. The van der Waals surface area contributed by atoms with E-state index in [-0.39, 0.29) is 30.4 Å². The highest BCUT2D eigenvalue weighted by molar-refractivity contribution is 7.98. The van der Waals surface area contributed by atoms with E-state index in [1.807, 2.05) is 18.2 Å². The molecule has 0 spiro atoms. The molecule has 3 amide bonds. The van der Waals surface area contributed by atoms with Crippen LogP contribution in [-0.4, -0.2) is 84.1 Å². The van der Waals surface area contributed by atoms with E-state index in [9.17, 15) is 14.9 Å². The van der Waals surface area contributed by atoms with Crippen molar-refractivity contribution in [2.24, 2.45) is 0 Å². The van der Waals surface area contributed by atoms with Crippen molar-refractivity contribution in [3.63, 3.8) is 0 Å². The Hall–Kier alpha value is -3.36. The van der Waals surface area contributed by atoms with Gasteiger partial charge in [-0.3, -0.25) is 19.9 Å². The number of anilines is 2. The molecule has 10 nitrogen and oxygen atoms in total. The highest BCUT2D eigenvalue weighted by Crippen LogP contribution is 2.32. The molecule has 0 bridgehead atoms. The highest BCUT2D eigenvalue weighted by atomic mass is 32.2. The van der Waals surface area contributed by atoms with E-state index in [4.69, 9.17) is 7.48 Å². The minimum atomic E-state index is -2.13. The minimum absolute atomic E-state index is 0.0257. The topological polar surface area (TPSA) is 115 Å². The lowest BCUT2D eigenvalue weighted by Crippen LogP contribution is -2.48. The molecule has 1 N–H and O–H groups in total. The molecule has 2 aromatic rings. The van der Waals surface area contributed by atoms with Crippen LogP contribution in [0, 0.1) is 11.3 Å². The number of thioether (sulfide) groups is 1. The third-order valence-corrected chi connectivity index (χ3v) is 7.07. The number of nitriles is 1. The van der Waals surface area contributed by atoms with Crippen molar-refractivity contribution in [1.29, 1.82) is 5.26 Å². The number of methoxy groups -OCH3 is 1. The summed E-state index contributed by atoms with van der Waals surface area (Å²) in [5, 5.41) is 12.3. The molecule has 0 saturated carbocycles. The van der Waals surface area contributed by atoms with Crippen LogP contribution in [-0.2, 0) is 24.1 Å². The van der Waals surface area contributed by atoms with Crippen LogP contribution in [0.1, 0.15) is 37.8 Å². The number of nitrogens with one attached hydrogen (secondary N) is 1. The van der Waals surface area contributed by atoms with Crippen molar-refractivity contribution < 1.29 is 17.1 Å². The number of ether oxygens (including phenoxy) is 1. The van der Waals surface area contributed by atoms with Gasteiger partial charge in [0.15, 0.2) is 0 Å². The van der Waals surface area contributed by atoms with Crippen molar-refractivity contribution in [2.75, 3.05) is 62.6 Å². The second-order valence-corrected chi connectivity index (χ2v) is 10.0. The largest absolute Gasteiger partial charge is 0.481 e. The number of likely N-dealkylation sites (N-methyl/N-ethyl adjacent to an activating group) is 1.